The lowest BCUT2D eigenvalue weighted by Gasteiger charge is -2.05. The highest BCUT2D eigenvalue weighted by atomic mass is 19.1. The first-order valence-corrected chi connectivity index (χ1v) is 5.08. The van der Waals surface area contributed by atoms with Gasteiger partial charge in [0, 0.05) is 17.2 Å². The fourth-order valence-corrected chi connectivity index (χ4v) is 1.60. The van der Waals surface area contributed by atoms with E-state index >= 15 is 0 Å². The molecule has 1 N–H and O–H groups in total. The van der Waals surface area contributed by atoms with Gasteiger partial charge >= 0.3 is 5.97 Å². The molecular weight excluding hydrogens is 244 g/mol. The predicted octanol–water partition coefficient (Wildman–Crippen LogP) is 2.96. The number of alkyl halides is 1. The third kappa shape index (κ3) is 2.09. The molecule has 6 heteroatoms. The van der Waals surface area contributed by atoms with Crippen molar-refractivity contribution in [1.82, 2.24) is 5.16 Å². The van der Waals surface area contributed by atoms with Crippen molar-refractivity contribution in [3.8, 4) is 11.3 Å². The van der Waals surface area contributed by atoms with Gasteiger partial charge in [0.2, 0.25) is 5.76 Å². The Kier molecular flexibility index (Phi) is 3.10. The van der Waals surface area contributed by atoms with Crippen molar-refractivity contribution in [2.24, 2.45) is 0 Å². The molecule has 1 heterocycles. The van der Waals surface area contributed by atoms with Gasteiger partial charge < -0.3 is 9.63 Å². The minimum absolute atomic E-state index is 0.0132. The van der Waals surface area contributed by atoms with Crippen LogP contribution in [0, 0.1) is 12.7 Å². The molecule has 94 valence electrons. The Morgan fingerprint density at radius 1 is 1.44 bits per heavy atom. The number of nitrogens with zero attached hydrogens (tertiary/aromatic N) is 1. The number of hydrogen-bond acceptors (Lipinski definition) is 3. The number of benzene rings is 1. The molecular formula is C12H9F2NO3. The maximum atomic E-state index is 13.5. The van der Waals surface area contributed by atoms with E-state index in [0.29, 0.717) is 11.1 Å². The van der Waals surface area contributed by atoms with Crippen LogP contribution in [0.2, 0.25) is 0 Å². The SMILES string of the molecule is Cc1cc(-c2cc(C(=O)O)on2)cc(F)c1CF. The first-order chi connectivity index (χ1) is 8.52. The highest BCUT2D eigenvalue weighted by Gasteiger charge is 2.15. The molecule has 0 amide bonds. The third-order valence-corrected chi connectivity index (χ3v) is 2.57. The van der Waals surface area contributed by atoms with Gasteiger partial charge in [-0.25, -0.2) is 13.6 Å². The van der Waals surface area contributed by atoms with Crippen LogP contribution in [-0.2, 0) is 6.67 Å². The van der Waals surface area contributed by atoms with Gasteiger partial charge in [0.05, 0.1) is 0 Å². The zero-order valence-corrected chi connectivity index (χ0v) is 9.41. The van der Waals surface area contributed by atoms with E-state index in [1.807, 2.05) is 0 Å². The van der Waals surface area contributed by atoms with Crippen LogP contribution in [0.4, 0.5) is 8.78 Å². The van der Waals surface area contributed by atoms with Crippen LogP contribution in [0.3, 0.4) is 0 Å². The highest BCUT2D eigenvalue weighted by molar-refractivity contribution is 5.85. The third-order valence-electron chi connectivity index (χ3n) is 2.57. The molecule has 0 atom stereocenters. The number of hydrogen-bond donors (Lipinski definition) is 1. The summed E-state index contributed by atoms with van der Waals surface area (Å²) in [5, 5.41) is 12.2. The molecule has 1 aromatic carbocycles. The topological polar surface area (TPSA) is 63.3 Å². The number of halogens is 2. The lowest BCUT2D eigenvalue weighted by molar-refractivity contribution is 0.0652. The molecule has 0 saturated heterocycles. The molecule has 1 aromatic heterocycles. The summed E-state index contributed by atoms with van der Waals surface area (Å²) >= 11 is 0. The average Bonchev–Trinajstić information content (AvgIpc) is 2.77. The Labute approximate surface area is 101 Å². The van der Waals surface area contributed by atoms with Crippen molar-refractivity contribution in [3.63, 3.8) is 0 Å². The molecule has 0 spiro atoms. The lowest BCUT2D eigenvalue weighted by Crippen LogP contribution is -1.93. The van der Waals surface area contributed by atoms with Crippen LogP contribution in [0.25, 0.3) is 11.3 Å². The van der Waals surface area contributed by atoms with Crippen LogP contribution >= 0.6 is 0 Å². The summed E-state index contributed by atoms with van der Waals surface area (Å²) in [6, 6.07) is 3.82. The zero-order chi connectivity index (χ0) is 13.3. The van der Waals surface area contributed by atoms with E-state index in [9.17, 15) is 13.6 Å². The quantitative estimate of drug-likeness (QED) is 0.913. The second-order valence-electron chi connectivity index (χ2n) is 3.77. The Hall–Kier alpha value is -2.24. The molecule has 0 aliphatic carbocycles. The van der Waals surface area contributed by atoms with Gasteiger partial charge in [0.1, 0.15) is 18.2 Å². The summed E-state index contributed by atoms with van der Waals surface area (Å²) in [5.41, 5.74) is 0.964. The molecule has 18 heavy (non-hydrogen) atoms. The second-order valence-corrected chi connectivity index (χ2v) is 3.77. The Balaban J connectivity index is 2.47. The van der Waals surface area contributed by atoms with E-state index in [1.54, 1.807) is 6.92 Å². The zero-order valence-electron chi connectivity index (χ0n) is 9.41. The lowest BCUT2D eigenvalue weighted by atomic mass is 10.0. The number of carboxylic acid groups (broad SMARTS) is 1. The average molecular weight is 253 g/mol. The van der Waals surface area contributed by atoms with Crippen LogP contribution < -0.4 is 0 Å². The largest absolute Gasteiger partial charge is 0.475 e. The molecule has 0 saturated carbocycles. The molecule has 0 radical (unpaired) electrons. The fraction of sp³-hybridized carbons (Fsp3) is 0.167. The summed E-state index contributed by atoms with van der Waals surface area (Å²) in [7, 11) is 0. The summed E-state index contributed by atoms with van der Waals surface area (Å²) < 4.78 is 30.7. The Morgan fingerprint density at radius 3 is 2.67 bits per heavy atom. The summed E-state index contributed by atoms with van der Waals surface area (Å²) in [6.07, 6.45) is 0. The van der Waals surface area contributed by atoms with Gasteiger partial charge in [0.25, 0.3) is 0 Å². The molecule has 2 aromatic rings. The van der Waals surface area contributed by atoms with Crippen LogP contribution in [0.1, 0.15) is 21.7 Å². The monoisotopic (exact) mass is 253 g/mol. The minimum atomic E-state index is -1.26. The fourth-order valence-electron chi connectivity index (χ4n) is 1.60. The van der Waals surface area contributed by atoms with Gasteiger partial charge in [-0.2, -0.15) is 0 Å². The van der Waals surface area contributed by atoms with Crippen molar-refractivity contribution < 1.29 is 23.2 Å². The number of carboxylic acids is 1. The molecule has 0 unspecified atom stereocenters. The van der Waals surface area contributed by atoms with Crippen LogP contribution in [0.15, 0.2) is 22.7 Å². The highest BCUT2D eigenvalue weighted by Crippen LogP contribution is 2.25. The molecule has 0 fully saturated rings. The van der Waals surface area contributed by atoms with Gasteiger partial charge in [-0.05, 0) is 24.6 Å². The summed E-state index contributed by atoms with van der Waals surface area (Å²) in [6.45, 7) is 0.677. The van der Waals surface area contributed by atoms with Gasteiger partial charge in [-0.3, -0.25) is 0 Å². The van der Waals surface area contributed by atoms with Gasteiger partial charge in [0.15, 0.2) is 0 Å². The van der Waals surface area contributed by atoms with Crippen molar-refractivity contribution in [1.29, 1.82) is 0 Å². The van der Waals surface area contributed by atoms with Crippen LogP contribution in [-0.4, -0.2) is 16.2 Å². The molecule has 0 bridgehead atoms. The van der Waals surface area contributed by atoms with E-state index in [4.69, 9.17) is 5.11 Å². The normalized spacial score (nSPS) is 10.6. The van der Waals surface area contributed by atoms with E-state index in [0.717, 1.165) is 6.07 Å². The first kappa shape index (κ1) is 12.2. The number of aromatic carboxylic acids is 1. The predicted molar refractivity (Wildman–Crippen MR) is 58.4 cm³/mol. The van der Waals surface area contributed by atoms with E-state index in [2.05, 4.69) is 9.68 Å². The minimum Gasteiger partial charge on any atom is -0.475 e. The molecule has 0 aliphatic heterocycles. The molecule has 2 rings (SSSR count). The van der Waals surface area contributed by atoms with E-state index < -0.39 is 18.5 Å². The van der Waals surface area contributed by atoms with Crippen molar-refractivity contribution >= 4 is 5.97 Å². The number of aryl methyl sites for hydroxylation is 1. The summed E-state index contributed by atoms with van der Waals surface area (Å²) in [5.74, 6) is -2.28. The first-order valence-electron chi connectivity index (χ1n) is 5.08. The van der Waals surface area contributed by atoms with Crippen molar-refractivity contribution in [2.75, 3.05) is 0 Å². The Morgan fingerprint density at radius 2 is 2.17 bits per heavy atom. The Bertz CT molecular complexity index is 584. The second kappa shape index (κ2) is 4.56. The van der Waals surface area contributed by atoms with Crippen molar-refractivity contribution in [3.05, 3.63) is 40.9 Å². The standard InChI is InChI=1S/C12H9F2NO3/c1-6-2-7(3-9(14)8(6)5-13)10-4-11(12(16)17)18-15-10/h2-4H,5H2,1H3,(H,16,17). The number of rotatable bonds is 3. The summed E-state index contributed by atoms with van der Waals surface area (Å²) in [4.78, 5) is 10.6. The number of aromatic nitrogens is 1. The van der Waals surface area contributed by atoms with Gasteiger partial charge in [-0.15, -0.1) is 0 Å². The molecule has 0 aliphatic rings. The maximum absolute atomic E-state index is 13.5. The number of carbonyl (C=O) groups is 1. The van der Waals surface area contributed by atoms with Crippen molar-refractivity contribution in [2.45, 2.75) is 13.6 Å². The van der Waals surface area contributed by atoms with E-state index in [1.165, 1.54) is 12.1 Å². The maximum Gasteiger partial charge on any atom is 0.374 e. The van der Waals surface area contributed by atoms with Crippen LogP contribution in [0.5, 0.6) is 0 Å². The van der Waals surface area contributed by atoms with E-state index in [-0.39, 0.29) is 17.0 Å². The van der Waals surface area contributed by atoms with Gasteiger partial charge in [-0.1, -0.05) is 5.16 Å². The molecule has 4 nitrogen and oxygen atoms in total. The smallest absolute Gasteiger partial charge is 0.374 e.